The van der Waals surface area contributed by atoms with E-state index in [0.717, 1.165) is 0 Å². The highest BCUT2D eigenvalue weighted by atomic mass is 14.3. The standard InChI is InChI=1S/7C18H24.3CH4/c1-17(2,3)15-11-7-10-14-13(15)9-8-12-16(14)18(4,5)6;1-17(2,3)15-9-7-14-12-16(18(4,5)6)10-8-13(14)11-15;1-17(2,3)14-11-7-9-13-10-8-12-15(16(13)14)18(4,5)6;1-17(2,3)14-10-11-15-13(12-14)8-7-9-16(15)18(4,5)6;1-17(2,3)14-11-10-13-8-7-9-16(15(13)12-14)18(4,5)6;1-17(2,3)14-11-13-9-7-8-10-15(13)16(12-14)18(4,5)6;1-17(2,3)15-12-11-13-9-7-8-10-14(13)16(15)18(4,5)6;;;/h7*7-12H,1-6H3;3*1H4. The van der Waals surface area contributed by atoms with E-state index in [0.29, 0.717) is 0 Å². The molecule has 0 N–H and O–H groups in total. The van der Waals surface area contributed by atoms with Crippen LogP contribution >= 0.6 is 0 Å². The van der Waals surface area contributed by atoms with Gasteiger partial charge in [0.25, 0.3) is 0 Å². The van der Waals surface area contributed by atoms with Crippen molar-refractivity contribution in [3.8, 4) is 0 Å². The minimum absolute atomic E-state index is 0. The largest absolute Gasteiger partial charge is 0.0776 e. The van der Waals surface area contributed by atoms with Crippen LogP contribution in [0.3, 0.4) is 0 Å². The van der Waals surface area contributed by atoms with Gasteiger partial charge in [-0.3, -0.25) is 0 Å². The summed E-state index contributed by atoms with van der Waals surface area (Å²) in [5.41, 5.74) is 22.8. The first-order chi connectivity index (χ1) is 57.4. The van der Waals surface area contributed by atoms with Gasteiger partial charge in [-0.05, 0) is 229 Å². The van der Waals surface area contributed by atoms with Crippen LogP contribution in [0.5, 0.6) is 0 Å². The van der Waals surface area contributed by atoms with Gasteiger partial charge < -0.3 is 0 Å². The molecule has 0 aliphatic carbocycles. The summed E-state index contributed by atoms with van der Waals surface area (Å²) in [5, 5.41) is 19.3. The predicted molar refractivity (Wildman–Crippen MR) is 590 cm³/mol. The van der Waals surface area contributed by atoms with Crippen molar-refractivity contribution < 1.29 is 0 Å². The molecule has 0 saturated carbocycles. The van der Waals surface area contributed by atoms with E-state index in [4.69, 9.17) is 0 Å². The Bertz CT molecular complexity index is 5790. The first-order valence-corrected chi connectivity index (χ1v) is 47.1. The average molecular weight is 1730 g/mol. The van der Waals surface area contributed by atoms with Crippen molar-refractivity contribution in [1.82, 2.24) is 0 Å². The Hall–Kier alpha value is -9.10. The highest BCUT2D eigenvalue weighted by Gasteiger charge is 2.30. The van der Waals surface area contributed by atoms with Crippen LogP contribution in [-0.2, 0) is 75.8 Å². The van der Waals surface area contributed by atoms with Crippen molar-refractivity contribution in [2.24, 2.45) is 0 Å². The van der Waals surface area contributed by atoms with Crippen molar-refractivity contribution in [3.05, 3.63) is 333 Å². The monoisotopic (exact) mass is 1730 g/mol. The minimum Gasteiger partial charge on any atom is -0.0776 e. The fourth-order valence-electron chi connectivity index (χ4n) is 17.3. The van der Waals surface area contributed by atoms with Crippen LogP contribution in [0.15, 0.2) is 255 Å². The van der Waals surface area contributed by atoms with Gasteiger partial charge in [0.1, 0.15) is 0 Å². The van der Waals surface area contributed by atoms with Crippen LogP contribution in [0.25, 0.3) is 75.4 Å². The van der Waals surface area contributed by atoms with Gasteiger partial charge in [0.15, 0.2) is 0 Å². The Morgan fingerprint density at radius 1 is 0.124 bits per heavy atom. The molecule has 0 unspecified atom stereocenters. The van der Waals surface area contributed by atoms with Crippen LogP contribution in [0, 0.1) is 0 Å². The molecule has 0 aliphatic rings. The Morgan fingerprint density at radius 2 is 0.364 bits per heavy atom. The van der Waals surface area contributed by atoms with Gasteiger partial charge in [-0.1, -0.05) is 568 Å². The number of hydrogen-bond donors (Lipinski definition) is 0. The highest BCUT2D eigenvalue weighted by molar-refractivity contribution is 5.94. The Morgan fingerprint density at radius 3 is 0.729 bits per heavy atom. The van der Waals surface area contributed by atoms with E-state index >= 15 is 0 Å². The van der Waals surface area contributed by atoms with Crippen LogP contribution in [0.2, 0.25) is 0 Å². The molecule has 14 aromatic rings. The Kier molecular flexibility index (Phi) is 35.1. The third kappa shape index (κ3) is 28.7. The van der Waals surface area contributed by atoms with Gasteiger partial charge in [0.2, 0.25) is 0 Å². The molecule has 0 spiro atoms. The van der Waals surface area contributed by atoms with Crippen molar-refractivity contribution >= 4 is 75.4 Å². The van der Waals surface area contributed by atoms with Gasteiger partial charge in [0.05, 0.1) is 0 Å². The van der Waals surface area contributed by atoms with E-state index in [2.05, 4.69) is 546 Å². The van der Waals surface area contributed by atoms with Crippen LogP contribution < -0.4 is 0 Å². The highest BCUT2D eigenvalue weighted by Crippen LogP contribution is 2.44. The molecule has 0 fully saturated rings. The molecule has 14 aromatic carbocycles. The number of rotatable bonds is 0. The summed E-state index contributed by atoms with van der Waals surface area (Å²) < 4.78 is 0. The summed E-state index contributed by atoms with van der Waals surface area (Å²) in [4.78, 5) is 0. The zero-order valence-corrected chi connectivity index (χ0v) is 87.2. The lowest BCUT2D eigenvalue weighted by Gasteiger charge is -2.31. The third-order valence-electron chi connectivity index (χ3n) is 24.8. The molecule has 0 radical (unpaired) electrons. The number of fused-ring (bicyclic) bond motifs is 7. The van der Waals surface area contributed by atoms with E-state index in [1.54, 1.807) is 0 Å². The van der Waals surface area contributed by atoms with Crippen molar-refractivity contribution in [3.63, 3.8) is 0 Å². The third-order valence-corrected chi connectivity index (χ3v) is 24.8. The van der Waals surface area contributed by atoms with E-state index < -0.39 is 0 Å². The summed E-state index contributed by atoms with van der Waals surface area (Å²) in [6.45, 7) is 95.9. The lowest BCUT2D eigenvalue weighted by Crippen LogP contribution is -2.22. The smallest absolute Gasteiger partial charge is 0.0109 e. The molecule has 0 saturated heterocycles. The number of hydrogen-bond acceptors (Lipinski definition) is 0. The Labute approximate surface area is 791 Å². The molecule has 0 bridgehead atoms. The Balaban J connectivity index is 0.000000266. The zero-order valence-electron chi connectivity index (χ0n) is 87.2. The van der Waals surface area contributed by atoms with Gasteiger partial charge in [-0.2, -0.15) is 0 Å². The van der Waals surface area contributed by atoms with Gasteiger partial charge in [0, 0.05) is 0 Å². The van der Waals surface area contributed by atoms with Crippen molar-refractivity contribution in [2.45, 2.75) is 389 Å². The van der Waals surface area contributed by atoms with E-state index in [1.165, 1.54) is 153 Å². The normalized spacial score (nSPS) is 12.7. The molecule has 14 rings (SSSR count). The maximum absolute atomic E-state index is 2.39. The molecule has 0 nitrogen and oxygen atoms in total. The molecule has 129 heavy (non-hydrogen) atoms. The second kappa shape index (κ2) is 40.9. The van der Waals surface area contributed by atoms with E-state index in [-0.39, 0.29) is 98.1 Å². The molecule has 0 amide bonds. The first-order valence-electron chi connectivity index (χ1n) is 47.1. The summed E-state index contributed by atoms with van der Waals surface area (Å²) in [6.07, 6.45) is 0. The second-order valence-corrected chi connectivity index (χ2v) is 50.6. The molecule has 0 heterocycles. The van der Waals surface area contributed by atoms with Gasteiger partial charge in [-0.15, -0.1) is 0 Å². The van der Waals surface area contributed by atoms with Crippen LogP contribution in [0.1, 0.15) is 391 Å². The predicted octanol–water partition coefficient (Wildman–Crippen LogP) is 40.0. The average Bonchev–Trinajstić information content (AvgIpc) is 0.757. The molecule has 0 heteroatoms. The lowest BCUT2D eigenvalue weighted by atomic mass is 9.73. The molecular weight excluding hydrogens is 1550 g/mol. The topological polar surface area (TPSA) is 0 Å². The summed E-state index contributed by atoms with van der Waals surface area (Å²) >= 11 is 0. The van der Waals surface area contributed by atoms with Gasteiger partial charge in [-0.25, -0.2) is 0 Å². The first kappa shape index (κ1) is 110. The molecule has 0 aliphatic heterocycles. The fraction of sp³-hybridized carbons (Fsp3) is 0.457. The van der Waals surface area contributed by atoms with E-state index in [9.17, 15) is 0 Å². The van der Waals surface area contributed by atoms with Gasteiger partial charge >= 0.3 is 0 Å². The quantitative estimate of drug-likeness (QED) is 0.142. The maximum Gasteiger partial charge on any atom is -0.0109 e. The molecule has 0 aromatic heterocycles. The zero-order chi connectivity index (χ0) is 94.9. The van der Waals surface area contributed by atoms with Crippen LogP contribution in [0.4, 0.5) is 0 Å². The number of benzene rings is 14. The SMILES string of the molecule is C.C.C.CC(C)(C)c1cc(C(C)(C)C)c2ccccc2c1.CC(C)(C)c1ccc2c(C(C)(C)C)cccc2c1.CC(C)(C)c1ccc2cc(C(C)(C)C)ccc2c1.CC(C)(C)c1ccc2cccc(C(C)(C)C)c2c1.CC(C)(C)c1ccc2ccccc2c1C(C)(C)C.CC(C)(C)c1cccc2c(C(C)(C)C)cccc12.CC(C)(C)c1cccc2cccc(C(C)(C)C)c12. The molecule has 0 atom stereocenters. The van der Waals surface area contributed by atoms with Crippen LogP contribution in [-0.4, -0.2) is 0 Å². The minimum atomic E-state index is 0. The summed E-state index contributed by atoms with van der Waals surface area (Å²) in [5.74, 6) is 0. The van der Waals surface area contributed by atoms with E-state index in [1.807, 2.05) is 0 Å². The second-order valence-electron chi connectivity index (χ2n) is 50.6. The molecule has 696 valence electrons. The lowest BCUT2D eigenvalue weighted by molar-refractivity contribution is 0.534. The maximum atomic E-state index is 2.39. The fourth-order valence-corrected chi connectivity index (χ4v) is 17.3. The summed E-state index contributed by atoms with van der Waals surface area (Å²) in [7, 11) is 0. The van der Waals surface area contributed by atoms with Crippen molar-refractivity contribution in [2.75, 3.05) is 0 Å². The molecular formula is C129H180. The summed E-state index contributed by atoms with van der Waals surface area (Å²) in [6, 6.07) is 94.2. The van der Waals surface area contributed by atoms with Crippen molar-refractivity contribution in [1.29, 1.82) is 0 Å².